The van der Waals surface area contributed by atoms with Crippen molar-refractivity contribution in [3.63, 3.8) is 0 Å². The first kappa shape index (κ1) is 13.9. The summed E-state index contributed by atoms with van der Waals surface area (Å²) in [5.41, 5.74) is 1.80. The molecule has 1 amide bonds. The second kappa shape index (κ2) is 6.57. The minimum atomic E-state index is -0.0108. The third kappa shape index (κ3) is 3.96. The number of anilines is 1. The van der Waals surface area contributed by atoms with E-state index >= 15 is 0 Å². The highest BCUT2D eigenvalue weighted by atomic mass is 16.5. The molecule has 0 aromatic heterocycles. The molecule has 104 valence electrons. The fraction of sp³-hybridized carbons (Fsp3) is 0.533. The standard InChI is InChI=1S/C15H22N2O2/c1-17(2)13-7-5-12(6-8-13)15(18)16-10-9-14-4-3-11-19-14/h5-8,14H,3-4,9-11H2,1-2H3,(H,16,18)/t14-/m1/s1. The first-order chi connectivity index (χ1) is 9.16. The predicted molar refractivity (Wildman–Crippen MR) is 76.7 cm³/mol. The van der Waals surface area contributed by atoms with E-state index in [1.807, 2.05) is 43.3 Å². The van der Waals surface area contributed by atoms with Crippen molar-refractivity contribution >= 4 is 11.6 Å². The lowest BCUT2D eigenvalue weighted by molar-refractivity contribution is 0.0907. The van der Waals surface area contributed by atoms with Gasteiger partial charge in [0, 0.05) is 38.5 Å². The lowest BCUT2D eigenvalue weighted by Gasteiger charge is -2.13. The van der Waals surface area contributed by atoms with E-state index in [-0.39, 0.29) is 5.91 Å². The lowest BCUT2D eigenvalue weighted by atomic mass is 10.1. The molecule has 0 aliphatic carbocycles. The topological polar surface area (TPSA) is 41.6 Å². The number of rotatable bonds is 5. The summed E-state index contributed by atoms with van der Waals surface area (Å²) in [6, 6.07) is 7.62. The van der Waals surface area contributed by atoms with Crippen LogP contribution in [0.1, 0.15) is 29.6 Å². The highest BCUT2D eigenvalue weighted by molar-refractivity contribution is 5.94. The van der Waals surface area contributed by atoms with Gasteiger partial charge in [-0.2, -0.15) is 0 Å². The third-order valence-electron chi connectivity index (χ3n) is 3.42. The van der Waals surface area contributed by atoms with Gasteiger partial charge in [-0.05, 0) is 43.5 Å². The van der Waals surface area contributed by atoms with Gasteiger partial charge in [-0.15, -0.1) is 0 Å². The van der Waals surface area contributed by atoms with E-state index < -0.39 is 0 Å². The molecule has 1 aromatic carbocycles. The van der Waals surface area contributed by atoms with Crippen LogP contribution in [-0.2, 0) is 4.74 Å². The van der Waals surface area contributed by atoms with Crippen molar-refractivity contribution in [1.82, 2.24) is 5.32 Å². The van der Waals surface area contributed by atoms with Crippen LogP contribution in [0.25, 0.3) is 0 Å². The average molecular weight is 262 g/mol. The number of amides is 1. The number of carbonyl (C=O) groups is 1. The van der Waals surface area contributed by atoms with E-state index in [1.165, 1.54) is 0 Å². The van der Waals surface area contributed by atoms with Gasteiger partial charge < -0.3 is 15.0 Å². The van der Waals surface area contributed by atoms with Crippen molar-refractivity contribution in [2.24, 2.45) is 0 Å². The van der Waals surface area contributed by atoms with Crippen molar-refractivity contribution in [2.45, 2.75) is 25.4 Å². The van der Waals surface area contributed by atoms with Crippen LogP contribution in [0.5, 0.6) is 0 Å². The number of benzene rings is 1. The summed E-state index contributed by atoms with van der Waals surface area (Å²) >= 11 is 0. The lowest BCUT2D eigenvalue weighted by Crippen LogP contribution is -2.27. The molecule has 19 heavy (non-hydrogen) atoms. The summed E-state index contributed by atoms with van der Waals surface area (Å²) in [7, 11) is 3.97. The van der Waals surface area contributed by atoms with E-state index in [0.29, 0.717) is 18.2 Å². The van der Waals surface area contributed by atoms with E-state index in [2.05, 4.69) is 5.32 Å². The van der Waals surface area contributed by atoms with Gasteiger partial charge in [0.15, 0.2) is 0 Å². The Bertz CT molecular complexity index is 409. The van der Waals surface area contributed by atoms with E-state index in [1.54, 1.807) is 0 Å². The molecule has 1 saturated heterocycles. The Kier molecular flexibility index (Phi) is 4.80. The Hall–Kier alpha value is -1.55. The van der Waals surface area contributed by atoms with Crippen LogP contribution in [0, 0.1) is 0 Å². The molecular weight excluding hydrogens is 240 g/mol. The second-order valence-electron chi connectivity index (χ2n) is 5.12. The largest absolute Gasteiger partial charge is 0.378 e. The zero-order valence-corrected chi connectivity index (χ0v) is 11.7. The Morgan fingerprint density at radius 3 is 2.68 bits per heavy atom. The molecule has 1 N–H and O–H groups in total. The summed E-state index contributed by atoms with van der Waals surface area (Å²) in [5, 5.41) is 2.94. The Morgan fingerprint density at radius 1 is 1.37 bits per heavy atom. The monoisotopic (exact) mass is 262 g/mol. The normalized spacial score (nSPS) is 18.3. The molecule has 4 heteroatoms. The van der Waals surface area contributed by atoms with Crippen LogP contribution in [0.15, 0.2) is 24.3 Å². The van der Waals surface area contributed by atoms with E-state index in [0.717, 1.165) is 31.6 Å². The van der Waals surface area contributed by atoms with Gasteiger partial charge in [0.05, 0.1) is 6.10 Å². The molecule has 1 aliphatic rings. The summed E-state index contributed by atoms with van der Waals surface area (Å²) < 4.78 is 5.53. The van der Waals surface area contributed by atoms with Crippen LogP contribution in [0.2, 0.25) is 0 Å². The minimum absolute atomic E-state index is 0.0108. The van der Waals surface area contributed by atoms with Crippen molar-refractivity contribution in [1.29, 1.82) is 0 Å². The molecular formula is C15H22N2O2. The first-order valence-electron chi connectivity index (χ1n) is 6.84. The predicted octanol–water partition coefficient (Wildman–Crippen LogP) is 2.05. The number of carbonyl (C=O) groups excluding carboxylic acids is 1. The molecule has 4 nitrogen and oxygen atoms in total. The fourth-order valence-electron chi connectivity index (χ4n) is 2.23. The summed E-state index contributed by atoms with van der Waals surface area (Å²) in [5.74, 6) is -0.0108. The van der Waals surface area contributed by atoms with Crippen LogP contribution in [0.4, 0.5) is 5.69 Å². The number of nitrogens with zero attached hydrogens (tertiary/aromatic N) is 1. The van der Waals surface area contributed by atoms with Gasteiger partial charge in [0.2, 0.25) is 0 Å². The number of hydrogen-bond donors (Lipinski definition) is 1. The van der Waals surface area contributed by atoms with E-state index in [9.17, 15) is 4.79 Å². The van der Waals surface area contributed by atoms with Gasteiger partial charge >= 0.3 is 0 Å². The molecule has 1 aliphatic heterocycles. The Labute approximate surface area is 114 Å². The molecule has 0 radical (unpaired) electrons. The summed E-state index contributed by atoms with van der Waals surface area (Å²) in [6.45, 7) is 1.55. The van der Waals surface area contributed by atoms with Crippen LogP contribution in [0.3, 0.4) is 0 Å². The first-order valence-corrected chi connectivity index (χ1v) is 6.84. The molecule has 0 spiro atoms. The van der Waals surface area contributed by atoms with Gasteiger partial charge in [0.1, 0.15) is 0 Å². The SMILES string of the molecule is CN(C)c1ccc(C(=O)NCC[C@H]2CCCO2)cc1. The number of hydrogen-bond acceptors (Lipinski definition) is 3. The molecule has 1 aromatic rings. The number of ether oxygens (including phenoxy) is 1. The third-order valence-corrected chi connectivity index (χ3v) is 3.42. The highest BCUT2D eigenvalue weighted by Crippen LogP contribution is 2.15. The number of nitrogens with one attached hydrogen (secondary N) is 1. The zero-order valence-electron chi connectivity index (χ0n) is 11.7. The van der Waals surface area contributed by atoms with Crippen molar-refractivity contribution in [2.75, 3.05) is 32.1 Å². The molecule has 0 saturated carbocycles. The average Bonchev–Trinajstić information content (AvgIpc) is 2.92. The van der Waals surface area contributed by atoms with Gasteiger partial charge in [-0.3, -0.25) is 4.79 Å². The second-order valence-corrected chi connectivity index (χ2v) is 5.12. The highest BCUT2D eigenvalue weighted by Gasteiger charge is 2.15. The molecule has 1 fully saturated rings. The smallest absolute Gasteiger partial charge is 0.251 e. The minimum Gasteiger partial charge on any atom is -0.378 e. The molecule has 0 unspecified atom stereocenters. The maximum absolute atomic E-state index is 11.9. The maximum atomic E-state index is 11.9. The Morgan fingerprint density at radius 2 is 2.11 bits per heavy atom. The van der Waals surface area contributed by atoms with Gasteiger partial charge in [0.25, 0.3) is 5.91 Å². The van der Waals surface area contributed by atoms with Gasteiger partial charge in [-0.25, -0.2) is 0 Å². The maximum Gasteiger partial charge on any atom is 0.251 e. The fourth-order valence-corrected chi connectivity index (χ4v) is 2.23. The van der Waals surface area contributed by atoms with Crippen LogP contribution in [-0.4, -0.2) is 39.3 Å². The van der Waals surface area contributed by atoms with Gasteiger partial charge in [-0.1, -0.05) is 0 Å². The van der Waals surface area contributed by atoms with Crippen molar-refractivity contribution < 1.29 is 9.53 Å². The Balaban J connectivity index is 1.78. The summed E-state index contributed by atoms with van der Waals surface area (Å²) in [4.78, 5) is 13.9. The molecule has 2 rings (SSSR count). The summed E-state index contributed by atoms with van der Waals surface area (Å²) in [6.07, 6.45) is 3.50. The van der Waals surface area contributed by atoms with Crippen LogP contribution >= 0.6 is 0 Å². The van der Waals surface area contributed by atoms with Crippen molar-refractivity contribution in [3.05, 3.63) is 29.8 Å². The molecule has 0 bridgehead atoms. The van der Waals surface area contributed by atoms with Crippen molar-refractivity contribution in [3.8, 4) is 0 Å². The molecule has 1 heterocycles. The zero-order chi connectivity index (χ0) is 13.7. The van der Waals surface area contributed by atoms with Crippen LogP contribution < -0.4 is 10.2 Å². The molecule has 1 atom stereocenters. The quantitative estimate of drug-likeness (QED) is 0.883. The van der Waals surface area contributed by atoms with E-state index in [4.69, 9.17) is 4.74 Å².